The lowest BCUT2D eigenvalue weighted by Gasteiger charge is -2.29. The Morgan fingerprint density at radius 3 is 2.81 bits per heavy atom. The molecule has 3 aromatic heterocycles. The minimum Gasteiger partial charge on any atom is -0.370 e. The Kier molecular flexibility index (Phi) is 5.02. The number of aromatic nitrogens is 3. The number of likely N-dealkylation sites (tertiary alicyclic amines) is 1. The van der Waals surface area contributed by atoms with Crippen molar-refractivity contribution < 1.29 is 0 Å². The summed E-state index contributed by atoms with van der Waals surface area (Å²) in [6.07, 6.45) is 8.22. The zero-order valence-electron chi connectivity index (χ0n) is 15.2. The maximum Gasteiger partial charge on any atom is 0.135 e. The summed E-state index contributed by atoms with van der Waals surface area (Å²) >= 11 is 0. The first-order valence-corrected chi connectivity index (χ1v) is 9.31. The van der Waals surface area contributed by atoms with Crippen LogP contribution in [0.25, 0.3) is 10.9 Å². The molecule has 6 nitrogen and oxygen atoms in total. The fourth-order valence-electron chi connectivity index (χ4n) is 3.46. The fraction of sp³-hybridized carbons (Fsp3) is 0.400. The summed E-state index contributed by atoms with van der Waals surface area (Å²) in [4.78, 5) is 14.6. The van der Waals surface area contributed by atoms with E-state index in [1.165, 1.54) is 25.9 Å². The second kappa shape index (κ2) is 7.74. The van der Waals surface area contributed by atoms with Crippen LogP contribution in [0.2, 0.25) is 0 Å². The third-order valence-corrected chi connectivity index (χ3v) is 5.17. The van der Waals surface area contributed by atoms with Crippen molar-refractivity contribution in [1.29, 1.82) is 0 Å². The maximum atomic E-state index is 4.55. The van der Waals surface area contributed by atoms with Gasteiger partial charge in [0, 0.05) is 37.1 Å². The lowest BCUT2D eigenvalue weighted by molar-refractivity contribution is 0.226. The predicted octanol–water partition coefficient (Wildman–Crippen LogP) is 3.32. The molecule has 0 saturated carbocycles. The molecule has 0 radical (unpaired) electrons. The van der Waals surface area contributed by atoms with Crippen LogP contribution in [0.4, 0.5) is 11.6 Å². The molecule has 4 heterocycles. The van der Waals surface area contributed by atoms with E-state index in [9.17, 15) is 0 Å². The van der Waals surface area contributed by atoms with Gasteiger partial charge in [-0.2, -0.15) is 0 Å². The SMILES string of the molecule is CN1CCC(CNc2ccc(CNc3nccc4[nH]ccc34)cn2)CC1. The van der Waals surface area contributed by atoms with Gasteiger partial charge in [-0.3, -0.25) is 0 Å². The van der Waals surface area contributed by atoms with Crippen LogP contribution in [0.3, 0.4) is 0 Å². The molecule has 0 unspecified atom stereocenters. The standard InChI is InChI=1S/C20H26N6/c1-26-10-6-15(7-11-26)12-23-19-3-2-16(13-24-19)14-25-20-17-4-8-21-18(17)5-9-22-20/h2-5,8-9,13,15,21H,6-7,10-12,14H2,1H3,(H,22,25)(H,23,24). The molecule has 4 rings (SSSR count). The topological polar surface area (TPSA) is 68.9 Å². The monoisotopic (exact) mass is 350 g/mol. The maximum absolute atomic E-state index is 4.55. The minimum atomic E-state index is 0.708. The van der Waals surface area contributed by atoms with E-state index in [2.05, 4.69) is 49.7 Å². The molecule has 1 aliphatic heterocycles. The Morgan fingerprint density at radius 2 is 2.00 bits per heavy atom. The summed E-state index contributed by atoms with van der Waals surface area (Å²) in [7, 11) is 2.20. The van der Waals surface area contributed by atoms with Crippen molar-refractivity contribution in [3.05, 3.63) is 48.4 Å². The molecule has 26 heavy (non-hydrogen) atoms. The third kappa shape index (κ3) is 3.96. The van der Waals surface area contributed by atoms with E-state index in [-0.39, 0.29) is 0 Å². The molecule has 0 spiro atoms. The number of hydrogen-bond donors (Lipinski definition) is 3. The Bertz CT molecular complexity index is 833. The van der Waals surface area contributed by atoms with Gasteiger partial charge in [-0.05, 0) is 62.7 Å². The van der Waals surface area contributed by atoms with Gasteiger partial charge < -0.3 is 20.5 Å². The van der Waals surface area contributed by atoms with Crippen LogP contribution in [-0.4, -0.2) is 46.5 Å². The van der Waals surface area contributed by atoms with Gasteiger partial charge in [0.1, 0.15) is 11.6 Å². The van der Waals surface area contributed by atoms with Gasteiger partial charge in [0.05, 0.1) is 5.52 Å². The molecule has 0 aliphatic carbocycles. The summed E-state index contributed by atoms with van der Waals surface area (Å²) in [5.41, 5.74) is 2.23. The van der Waals surface area contributed by atoms with Crippen LogP contribution in [0, 0.1) is 5.92 Å². The molecular weight excluding hydrogens is 324 g/mol. The van der Waals surface area contributed by atoms with Gasteiger partial charge in [-0.1, -0.05) is 6.07 Å². The van der Waals surface area contributed by atoms with E-state index in [0.717, 1.165) is 40.6 Å². The summed E-state index contributed by atoms with van der Waals surface area (Å²) in [6.45, 7) is 4.12. The van der Waals surface area contributed by atoms with Crippen LogP contribution >= 0.6 is 0 Å². The molecule has 0 aromatic carbocycles. The van der Waals surface area contributed by atoms with Crippen molar-refractivity contribution in [1.82, 2.24) is 19.9 Å². The molecule has 0 bridgehead atoms. The molecule has 1 fully saturated rings. The molecule has 0 atom stereocenters. The van der Waals surface area contributed by atoms with E-state index < -0.39 is 0 Å². The number of aromatic amines is 1. The molecule has 6 heteroatoms. The van der Waals surface area contributed by atoms with E-state index in [1.807, 2.05) is 30.7 Å². The number of H-pyrrole nitrogens is 1. The van der Waals surface area contributed by atoms with Crippen molar-refractivity contribution >= 4 is 22.5 Å². The smallest absolute Gasteiger partial charge is 0.135 e. The Hall–Kier alpha value is -2.60. The number of piperidine rings is 1. The molecule has 3 N–H and O–H groups in total. The van der Waals surface area contributed by atoms with Crippen molar-refractivity contribution in [3.8, 4) is 0 Å². The largest absolute Gasteiger partial charge is 0.370 e. The number of rotatable bonds is 6. The first-order valence-electron chi connectivity index (χ1n) is 9.31. The highest BCUT2D eigenvalue weighted by Crippen LogP contribution is 2.20. The predicted molar refractivity (Wildman–Crippen MR) is 106 cm³/mol. The third-order valence-electron chi connectivity index (χ3n) is 5.17. The number of nitrogens with zero attached hydrogens (tertiary/aromatic N) is 3. The van der Waals surface area contributed by atoms with Crippen LogP contribution in [0.15, 0.2) is 42.9 Å². The Labute approximate surface area is 154 Å². The second-order valence-electron chi connectivity index (χ2n) is 7.13. The average molecular weight is 350 g/mol. The highest BCUT2D eigenvalue weighted by Gasteiger charge is 2.16. The van der Waals surface area contributed by atoms with Crippen molar-refractivity contribution in [2.24, 2.45) is 5.92 Å². The lowest BCUT2D eigenvalue weighted by atomic mass is 9.97. The summed E-state index contributed by atoms with van der Waals surface area (Å²) in [5, 5.41) is 7.99. The molecule has 3 aromatic rings. The number of pyridine rings is 2. The number of fused-ring (bicyclic) bond motifs is 1. The zero-order chi connectivity index (χ0) is 17.8. The van der Waals surface area contributed by atoms with Gasteiger partial charge in [-0.15, -0.1) is 0 Å². The highest BCUT2D eigenvalue weighted by atomic mass is 15.1. The Morgan fingerprint density at radius 1 is 1.12 bits per heavy atom. The number of hydrogen-bond acceptors (Lipinski definition) is 5. The Balaban J connectivity index is 1.29. The number of anilines is 2. The quantitative estimate of drug-likeness (QED) is 0.636. The van der Waals surface area contributed by atoms with Crippen LogP contribution < -0.4 is 10.6 Å². The lowest BCUT2D eigenvalue weighted by Crippen LogP contribution is -2.33. The van der Waals surface area contributed by atoms with Gasteiger partial charge >= 0.3 is 0 Å². The fourth-order valence-corrected chi connectivity index (χ4v) is 3.46. The van der Waals surface area contributed by atoms with Crippen molar-refractivity contribution in [2.75, 3.05) is 37.3 Å². The minimum absolute atomic E-state index is 0.708. The van der Waals surface area contributed by atoms with E-state index in [1.54, 1.807) is 0 Å². The van der Waals surface area contributed by atoms with Crippen molar-refractivity contribution in [3.63, 3.8) is 0 Å². The molecule has 1 saturated heterocycles. The average Bonchev–Trinajstić information content (AvgIpc) is 3.16. The van der Waals surface area contributed by atoms with Gasteiger partial charge in [-0.25, -0.2) is 9.97 Å². The summed E-state index contributed by atoms with van der Waals surface area (Å²) < 4.78 is 0. The van der Waals surface area contributed by atoms with Crippen molar-refractivity contribution in [2.45, 2.75) is 19.4 Å². The highest BCUT2D eigenvalue weighted by molar-refractivity contribution is 5.89. The number of nitrogens with one attached hydrogen (secondary N) is 3. The summed E-state index contributed by atoms with van der Waals surface area (Å²) in [5.74, 6) is 2.61. The molecule has 1 aliphatic rings. The molecule has 136 valence electrons. The first kappa shape index (κ1) is 16.8. The van der Waals surface area contributed by atoms with Crippen LogP contribution in [-0.2, 0) is 6.54 Å². The summed E-state index contributed by atoms with van der Waals surface area (Å²) in [6, 6.07) is 8.20. The van der Waals surface area contributed by atoms with E-state index >= 15 is 0 Å². The molecular formula is C20H26N6. The normalized spacial score (nSPS) is 16.0. The van der Waals surface area contributed by atoms with E-state index in [4.69, 9.17) is 0 Å². The van der Waals surface area contributed by atoms with Crippen LogP contribution in [0.5, 0.6) is 0 Å². The zero-order valence-corrected chi connectivity index (χ0v) is 15.2. The van der Waals surface area contributed by atoms with Gasteiger partial charge in [0.25, 0.3) is 0 Å². The van der Waals surface area contributed by atoms with Crippen LogP contribution in [0.1, 0.15) is 18.4 Å². The molecule has 0 amide bonds. The first-order chi connectivity index (χ1) is 12.8. The van der Waals surface area contributed by atoms with E-state index in [0.29, 0.717) is 6.54 Å². The van der Waals surface area contributed by atoms with Gasteiger partial charge in [0.2, 0.25) is 0 Å². The second-order valence-corrected chi connectivity index (χ2v) is 7.13. The van der Waals surface area contributed by atoms with Gasteiger partial charge in [0.15, 0.2) is 0 Å².